The van der Waals surface area contributed by atoms with Gasteiger partial charge in [0.05, 0.1) is 11.1 Å². The first-order chi connectivity index (χ1) is 13.5. The van der Waals surface area contributed by atoms with Crippen molar-refractivity contribution in [2.45, 2.75) is 72.1 Å². The second kappa shape index (κ2) is 9.25. The van der Waals surface area contributed by atoms with Crippen LogP contribution in [-0.4, -0.2) is 22.2 Å². The lowest BCUT2D eigenvalue weighted by molar-refractivity contribution is 0.0683. The van der Waals surface area contributed by atoms with Crippen LogP contribution in [0.4, 0.5) is 0 Å². The van der Waals surface area contributed by atoms with E-state index in [0.29, 0.717) is 29.9 Å². The first-order valence-corrected chi connectivity index (χ1v) is 10.3. The van der Waals surface area contributed by atoms with E-state index in [1.165, 1.54) is 0 Å². The van der Waals surface area contributed by atoms with Crippen LogP contribution in [0.25, 0.3) is 0 Å². The minimum absolute atomic E-state index is 0.000503. The highest BCUT2D eigenvalue weighted by Crippen LogP contribution is 2.34. The van der Waals surface area contributed by atoms with Gasteiger partial charge in [-0.1, -0.05) is 65.0 Å². The molecular formula is C25H32O4. The van der Waals surface area contributed by atoms with E-state index in [1.54, 1.807) is 13.0 Å². The van der Waals surface area contributed by atoms with Crippen LogP contribution < -0.4 is 0 Å². The molecule has 156 valence electrons. The summed E-state index contributed by atoms with van der Waals surface area (Å²) < 4.78 is 0. The van der Waals surface area contributed by atoms with Crippen LogP contribution in [0.15, 0.2) is 30.3 Å². The fourth-order valence-electron chi connectivity index (χ4n) is 3.91. The number of aryl methyl sites for hydroxylation is 2. The molecule has 0 aromatic heterocycles. The molecule has 0 spiro atoms. The minimum Gasteiger partial charge on any atom is -0.478 e. The lowest BCUT2D eigenvalue weighted by Gasteiger charge is -2.22. The van der Waals surface area contributed by atoms with E-state index in [1.807, 2.05) is 45.0 Å². The van der Waals surface area contributed by atoms with Gasteiger partial charge in [0.2, 0.25) is 0 Å². The molecule has 0 radical (unpaired) electrons. The van der Waals surface area contributed by atoms with Crippen LogP contribution >= 0.6 is 0 Å². The summed E-state index contributed by atoms with van der Waals surface area (Å²) in [5, 5.41) is 19.5. The molecule has 4 heteroatoms. The molecule has 2 N–H and O–H groups in total. The van der Waals surface area contributed by atoms with Crippen LogP contribution in [0, 0.1) is 6.92 Å². The molecule has 2 rings (SSSR count). The Balaban J connectivity index is 2.45. The van der Waals surface area contributed by atoms with Gasteiger partial charge in [0, 0.05) is 0 Å². The average molecular weight is 397 g/mol. The fourth-order valence-corrected chi connectivity index (χ4v) is 3.91. The molecule has 0 bridgehead atoms. The lowest BCUT2D eigenvalue weighted by Crippen LogP contribution is -2.13. The molecule has 1 atom stereocenters. The number of hydrogen-bond donors (Lipinski definition) is 2. The van der Waals surface area contributed by atoms with Gasteiger partial charge in [0.25, 0.3) is 0 Å². The molecular weight excluding hydrogens is 364 g/mol. The number of carboxylic acid groups (broad SMARTS) is 2. The molecule has 29 heavy (non-hydrogen) atoms. The molecule has 1 unspecified atom stereocenters. The minimum atomic E-state index is -0.916. The Morgan fingerprint density at radius 3 is 1.97 bits per heavy atom. The Kier molecular flexibility index (Phi) is 7.23. The summed E-state index contributed by atoms with van der Waals surface area (Å²) >= 11 is 0. The second-order valence-electron chi connectivity index (χ2n) is 8.54. The number of carboxylic acids is 2. The van der Waals surface area contributed by atoms with Crippen LogP contribution in [0.2, 0.25) is 0 Å². The molecule has 4 nitrogen and oxygen atoms in total. The molecule has 0 saturated carbocycles. The highest BCUT2D eigenvalue weighted by molar-refractivity contribution is 5.92. The summed E-state index contributed by atoms with van der Waals surface area (Å²) in [6.45, 7) is 12.1. The van der Waals surface area contributed by atoms with Crippen LogP contribution in [-0.2, 0) is 6.42 Å². The Hall–Kier alpha value is -2.62. The molecule has 2 aromatic rings. The third kappa shape index (κ3) is 5.06. The summed E-state index contributed by atoms with van der Waals surface area (Å²) in [6.07, 6.45) is 1.27. The summed E-state index contributed by atoms with van der Waals surface area (Å²) in [6, 6.07) is 9.59. The van der Waals surface area contributed by atoms with Crippen LogP contribution in [0.3, 0.4) is 0 Å². The van der Waals surface area contributed by atoms with Crippen molar-refractivity contribution in [3.05, 3.63) is 69.3 Å². The molecule has 0 amide bonds. The average Bonchev–Trinajstić information content (AvgIpc) is 2.64. The van der Waals surface area contributed by atoms with E-state index in [2.05, 4.69) is 13.8 Å². The molecule has 0 saturated heterocycles. The smallest absolute Gasteiger partial charge is 0.336 e. The second-order valence-corrected chi connectivity index (χ2v) is 8.54. The van der Waals surface area contributed by atoms with Crippen molar-refractivity contribution < 1.29 is 19.8 Å². The van der Waals surface area contributed by atoms with Gasteiger partial charge < -0.3 is 10.2 Å². The Morgan fingerprint density at radius 1 is 0.862 bits per heavy atom. The highest BCUT2D eigenvalue weighted by Gasteiger charge is 2.23. The topological polar surface area (TPSA) is 74.6 Å². The maximum atomic E-state index is 12.1. The van der Waals surface area contributed by atoms with Gasteiger partial charge >= 0.3 is 11.9 Å². The van der Waals surface area contributed by atoms with Crippen LogP contribution in [0.1, 0.15) is 107 Å². The van der Waals surface area contributed by atoms with Gasteiger partial charge in [0.15, 0.2) is 0 Å². The number of rotatable bonds is 8. The molecule has 0 aliphatic rings. The normalized spacial score (nSPS) is 12.4. The zero-order valence-electron chi connectivity index (χ0n) is 18.2. The zero-order valence-corrected chi connectivity index (χ0v) is 18.2. The Morgan fingerprint density at radius 2 is 1.45 bits per heavy atom. The number of hydrogen-bond acceptors (Lipinski definition) is 2. The Labute approximate surface area is 173 Å². The first kappa shape index (κ1) is 22.7. The van der Waals surface area contributed by atoms with E-state index >= 15 is 0 Å². The number of aromatic carboxylic acids is 2. The Bertz CT molecular complexity index is 909. The van der Waals surface area contributed by atoms with Crippen molar-refractivity contribution in [1.29, 1.82) is 0 Å². The van der Waals surface area contributed by atoms with Gasteiger partial charge in [-0.25, -0.2) is 9.59 Å². The van der Waals surface area contributed by atoms with Crippen molar-refractivity contribution in [3.63, 3.8) is 0 Å². The van der Waals surface area contributed by atoms with E-state index in [9.17, 15) is 19.8 Å². The molecule has 2 aromatic carbocycles. The predicted molar refractivity (Wildman–Crippen MR) is 116 cm³/mol. The first-order valence-electron chi connectivity index (χ1n) is 10.3. The third-order valence-electron chi connectivity index (χ3n) is 5.67. The van der Waals surface area contributed by atoms with E-state index in [-0.39, 0.29) is 11.8 Å². The SMILES string of the molecule is Cc1cccc(CCC(C)c2cc(C(C)C)cc(C(C)C)c2C(=O)O)c1C(=O)O. The molecule has 0 aliphatic heterocycles. The number of benzene rings is 2. The summed E-state index contributed by atoms with van der Waals surface area (Å²) in [7, 11) is 0. The number of carbonyl (C=O) groups is 2. The molecule has 0 heterocycles. The standard InChI is InChI=1S/C25H32O4/c1-14(2)19-12-20(15(3)4)23(25(28)29)21(13-19)16(5)10-11-18-9-7-8-17(6)22(18)24(26)27/h7-9,12-16H,10-11H2,1-6H3,(H,26,27)(H,28,29). The van der Waals surface area contributed by atoms with Crippen molar-refractivity contribution in [1.82, 2.24) is 0 Å². The quantitative estimate of drug-likeness (QED) is 0.543. The summed E-state index contributed by atoms with van der Waals surface area (Å²) in [4.78, 5) is 23.8. The van der Waals surface area contributed by atoms with Gasteiger partial charge in [-0.05, 0) is 65.3 Å². The maximum Gasteiger partial charge on any atom is 0.336 e. The fraction of sp³-hybridized carbons (Fsp3) is 0.440. The summed E-state index contributed by atoms with van der Waals surface area (Å²) in [5.74, 6) is -1.40. The maximum absolute atomic E-state index is 12.1. The van der Waals surface area contributed by atoms with Gasteiger partial charge in [-0.2, -0.15) is 0 Å². The van der Waals surface area contributed by atoms with Gasteiger partial charge in [-0.15, -0.1) is 0 Å². The largest absolute Gasteiger partial charge is 0.478 e. The van der Waals surface area contributed by atoms with Crippen molar-refractivity contribution in [3.8, 4) is 0 Å². The highest BCUT2D eigenvalue weighted by atomic mass is 16.4. The zero-order chi connectivity index (χ0) is 21.9. The predicted octanol–water partition coefficient (Wildman–Crippen LogP) is 6.37. The van der Waals surface area contributed by atoms with Crippen LogP contribution in [0.5, 0.6) is 0 Å². The van der Waals surface area contributed by atoms with E-state index in [4.69, 9.17) is 0 Å². The van der Waals surface area contributed by atoms with Crippen molar-refractivity contribution >= 4 is 11.9 Å². The molecule has 0 fully saturated rings. The van der Waals surface area contributed by atoms with Gasteiger partial charge in [-0.3, -0.25) is 0 Å². The lowest BCUT2D eigenvalue weighted by atomic mass is 9.82. The van der Waals surface area contributed by atoms with Gasteiger partial charge in [0.1, 0.15) is 0 Å². The third-order valence-corrected chi connectivity index (χ3v) is 5.67. The van der Waals surface area contributed by atoms with E-state index in [0.717, 1.165) is 27.8 Å². The van der Waals surface area contributed by atoms with Crippen molar-refractivity contribution in [2.75, 3.05) is 0 Å². The summed E-state index contributed by atoms with van der Waals surface area (Å²) in [5.41, 5.74) is 5.16. The molecule has 0 aliphatic carbocycles. The van der Waals surface area contributed by atoms with Crippen molar-refractivity contribution in [2.24, 2.45) is 0 Å². The van der Waals surface area contributed by atoms with E-state index < -0.39 is 11.9 Å². The monoisotopic (exact) mass is 396 g/mol.